The molecule has 2 rings (SSSR count). The summed E-state index contributed by atoms with van der Waals surface area (Å²) in [6.07, 6.45) is 1.22. The van der Waals surface area contributed by atoms with E-state index in [4.69, 9.17) is 5.73 Å². The number of rotatable bonds is 4. The van der Waals surface area contributed by atoms with Crippen LogP contribution >= 0.6 is 0 Å². The highest BCUT2D eigenvalue weighted by Crippen LogP contribution is 2.09. The van der Waals surface area contributed by atoms with E-state index in [9.17, 15) is 8.42 Å². The molecule has 0 spiro atoms. The van der Waals surface area contributed by atoms with Crippen molar-refractivity contribution in [3.05, 3.63) is 47.9 Å². The zero-order valence-corrected chi connectivity index (χ0v) is 11.2. The van der Waals surface area contributed by atoms with Crippen LogP contribution in [0.5, 0.6) is 0 Å². The lowest BCUT2D eigenvalue weighted by molar-refractivity contribution is 0.580. The molecule has 2 aromatic rings. The molecule has 100 valence electrons. The first kappa shape index (κ1) is 13.4. The van der Waals surface area contributed by atoms with Gasteiger partial charge in [0.25, 0.3) is 0 Å². The molecule has 0 saturated heterocycles. The maximum Gasteiger partial charge on any atom is 0.242 e. The van der Waals surface area contributed by atoms with Crippen LogP contribution in [-0.2, 0) is 16.6 Å². The van der Waals surface area contributed by atoms with Gasteiger partial charge in [0.05, 0.1) is 12.2 Å². The Kier molecular flexibility index (Phi) is 3.77. The largest absolute Gasteiger partial charge is 0.384 e. The standard InChI is InChI=1S/C12H14N4O2S/c1-9-3-2-4-10(16-9)7-15-19(17,18)11-5-6-12(13)14-8-11/h2-6,8,15H,7H2,1H3,(H2,13,14). The number of hydrogen-bond acceptors (Lipinski definition) is 5. The van der Waals surface area contributed by atoms with E-state index in [1.807, 2.05) is 19.1 Å². The van der Waals surface area contributed by atoms with Crippen molar-refractivity contribution in [2.75, 3.05) is 5.73 Å². The summed E-state index contributed by atoms with van der Waals surface area (Å²) in [5.74, 6) is 0.277. The molecule has 0 aromatic carbocycles. The first-order chi connectivity index (χ1) is 8.97. The second-order valence-corrected chi connectivity index (χ2v) is 5.78. The fraction of sp³-hybridized carbons (Fsp3) is 0.167. The van der Waals surface area contributed by atoms with Gasteiger partial charge in [0.2, 0.25) is 10.0 Å². The summed E-state index contributed by atoms with van der Waals surface area (Å²) in [6.45, 7) is 1.98. The van der Waals surface area contributed by atoms with E-state index >= 15 is 0 Å². The molecule has 6 nitrogen and oxygen atoms in total. The summed E-state index contributed by atoms with van der Waals surface area (Å²) in [5.41, 5.74) is 6.91. The zero-order chi connectivity index (χ0) is 13.9. The molecular formula is C12H14N4O2S. The number of aromatic nitrogens is 2. The maximum absolute atomic E-state index is 12.0. The maximum atomic E-state index is 12.0. The van der Waals surface area contributed by atoms with E-state index in [-0.39, 0.29) is 17.3 Å². The molecule has 0 aliphatic carbocycles. The number of nitrogen functional groups attached to an aromatic ring is 1. The first-order valence-corrected chi connectivity index (χ1v) is 7.09. The highest BCUT2D eigenvalue weighted by atomic mass is 32.2. The zero-order valence-electron chi connectivity index (χ0n) is 10.4. The minimum atomic E-state index is -3.60. The van der Waals surface area contributed by atoms with Gasteiger partial charge in [0.15, 0.2) is 0 Å². The van der Waals surface area contributed by atoms with Crippen molar-refractivity contribution >= 4 is 15.8 Å². The van der Waals surface area contributed by atoms with Gasteiger partial charge in [-0.2, -0.15) is 0 Å². The Morgan fingerprint density at radius 2 is 2.05 bits per heavy atom. The third-order valence-corrected chi connectivity index (χ3v) is 3.85. The number of aryl methyl sites for hydroxylation is 1. The quantitative estimate of drug-likeness (QED) is 0.863. The number of hydrogen-bond donors (Lipinski definition) is 2. The first-order valence-electron chi connectivity index (χ1n) is 5.61. The fourth-order valence-corrected chi connectivity index (χ4v) is 2.44. The van der Waals surface area contributed by atoms with Crippen molar-refractivity contribution in [1.29, 1.82) is 0 Å². The Balaban J connectivity index is 2.12. The molecule has 2 heterocycles. The fourth-order valence-electron chi connectivity index (χ4n) is 1.50. The van der Waals surface area contributed by atoms with Crippen LogP contribution in [0, 0.1) is 6.92 Å². The number of pyridine rings is 2. The van der Waals surface area contributed by atoms with Crippen molar-refractivity contribution < 1.29 is 8.42 Å². The van der Waals surface area contributed by atoms with Crippen molar-refractivity contribution in [3.63, 3.8) is 0 Å². The van der Waals surface area contributed by atoms with Crippen LogP contribution in [0.15, 0.2) is 41.4 Å². The molecule has 0 fully saturated rings. The molecule has 3 N–H and O–H groups in total. The minimum Gasteiger partial charge on any atom is -0.384 e. The Hall–Kier alpha value is -1.99. The average Bonchev–Trinajstić information content (AvgIpc) is 2.37. The summed E-state index contributed by atoms with van der Waals surface area (Å²) < 4.78 is 26.4. The molecule has 0 unspecified atom stereocenters. The molecule has 0 saturated carbocycles. The molecule has 0 atom stereocenters. The second-order valence-electron chi connectivity index (χ2n) is 4.01. The molecular weight excluding hydrogens is 264 g/mol. The van der Waals surface area contributed by atoms with Gasteiger partial charge in [-0.05, 0) is 31.2 Å². The molecule has 0 aliphatic rings. The summed E-state index contributed by atoms with van der Waals surface area (Å²) in [7, 11) is -3.60. The Morgan fingerprint density at radius 3 is 2.68 bits per heavy atom. The Labute approximate surface area is 111 Å². The van der Waals surface area contributed by atoms with Crippen LogP contribution in [0.4, 0.5) is 5.82 Å². The van der Waals surface area contributed by atoms with Crippen LogP contribution in [0.25, 0.3) is 0 Å². The van der Waals surface area contributed by atoms with Crippen LogP contribution < -0.4 is 10.5 Å². The van der Waals surface area contributed by atoms with Gasteiger partial charge in [-0.1, -0.05) is 6.07 Å². The number of nitrogens with zero attached hydrogens (tertiary/aromatic N) is 2. The lowest BCUT2D eigenvalue weighted by Gasteiger charge is -2.06. The van der Waals surface area contributed by atoms with Gasteiger partial charge in [0, 0.05) is 11.9 Å². The summed E-state index contributed by atoms with van der Waals surface area (Å²) in [4.78, 5) is 8.06. The van der Waals surface area contributed by atoms with E-state index in [1.54, 1.807) is 6.07 Å². The van der Waals surface area contributed by atoms with Gasteiger partial charge >= 0.3 is 0 Å². The predicted octanol–water partition coefficient (Wildman–Crippen LogP) is 0.846. The predicted molar refractivity (Wildman–Crippen MR) is 71.6 cm³/mol. The van der Waals surface area contributed by atoms with E-state index in [2.05, 4.69) is 14.7 Å². The lowest BCUT2D eigenvalue weighted by atomic mass is 10.3. The highest BCUT2D eigenvalue weighted by Gasteiger charge is 2.14. The molecule has 0 aliphatic heterocycles. The Morgan fingerprint density at radius 1 is 1.26 bits per heavy atom. The summed E-state index contributed by atoms with van der Waals surface area (Å²) in [6, 6.07) is 8.29. The summed E-state index contributed by atoms with van der Waals surface area (Å²) in [5, 5.41) is 0. The van der Waals surface area contributed by atoms with Gasteiger partial charge in [-0.15, -0.1) is 0 Å². The third kappa shape index (κ3) is 3.49. The van der Waals surface area contributed by atoms with Gasteiger partial charge in [-0.3, -0.25) is 4.98 Å². The number of nitrogens with two attached hydrogens (primary N) is 1. The number of nitrogens with one attached hydrogen (secondary N) is 1. The summed E-state index contributed by atoms with van der Waals surface area (Å²) >= 11 is 0. The Bertz CT molecular complexity index is 668. The normalized spacial score (nSPS) is 11.4. The van der Waals surface area contributed by atoms with Crippen molar-refractivity contribution in [2.24, 2.45) is 0 Å². The van der Waals surface area contributed by atoms with Gasteiger partial charge in [0.1, 0.15) is 10.7 Å². The smallest absolute Gasteiger partial charge is 0.242 e. The van der Waals surface area contributed by atoms with Crippen LogP contribution in [0.2, 0.25) is 0 Å². The van der Waals surface area contributed by atoms with Crippen LogP contribution in [0.1, 0.15) is 11.4 Å². The molecule has 0 radical (unpaired) electrons. The second kappa shape index (κ2) is 5.33. The van der Waals surface area contributed by atoms with Crippen LogP contribution in [-0.4, -0.2) is 18.4 Å². The molecule has 19 heavy (non-hydrogen) atoms. The van der Waals surface area contributed by atoms with Crippen molar-refractivity contribution in [2.45, 2.75) is 18.4 Å². The topological polar surface area (TPSA) is 98.0 Å². The van der Waals surface area contributed by atoms with E-state index in [1.165, 1.54) is 18.3 Å². The third-order valence-electron chi connectivity index (χ3n) is 2.46. The SMILES string of the molecule is Cc1cccc(CNS(=O)(=O)c2ccc(N)nc2)n1. The van der Waals surface area contributed by atoms with Gasteiger partial charge < -0.3 is 5.73 Å². The molecule has 7 heteroatoms. The van der Waals surface area contributed by atoms with Crippen molar-refractivity contribution in [3.8, 4) is 0 Å². The van der Waals surface area contributed by atoms with Gasteiger partial charge in [-0.25, -0.2) is 18.1 Å². The molecule has 0 bridgehead atoms. The minimum absolute atomic E-state index is 0.0781. The molecule has 2 aromatic heterocycles. The monoisotopic (exact) mass is 278 g/mol. The van der Waals surface area contributed by atoms with E-state index in [0.29, 0.717) is 5.69 Å². The number of sulfonamides is 1. The van der Waals surface area contributed by atoms with Crippen LogP contribution in [0.3, 0.4) is 0 Å². The van der Waals surface area contributed by atoms with E-state index < -0.39 is 10.0 Å². The van der Waals surface area contributed by atoms with Crippen molar-refractivity contribution in [1.82, 2.24) is 14.7 Å². The van der Waals surface area contributed by atoms with E-state index in [0.717, 1.165) is 5.69 Å². The molecule has 0 amide bonds. The highest BCUT2D eigenvalue weighted by molar-refractivity contribution is 7.89. The lowest BCUT2D eigenvalue weighted by Crippen LogP contribution is -2.24. The average molecular weight is 278 g/mol. The number of anilines is 1.